The molecule has 8 heteroatoms. The molecule has 4 saturated heterocycles. The zero-order chi connectivity index (χ0) is 35.4. The number of benzene rings is 4. The smallest absolute Gasteiger partial charge is 0.119 e. The van der Waals surface area contributed by atoms with Gasteiger partial charge in [0.15, 0.2) is 0 Å². The Balaban J connectivity index is 0.941. The third-order valence-corrected chi connectivity index (χ3v) is 11.3. The third kappa shape index (κ3) is 9.73. The molecule has 6 unspecified atom stereocenters. The second-order valence-corrected chi connectivity index (χ2v) is 15.4. The van der Waals surface area contributed by atoms with Crippen LogP contribution < -0.4 is 18.9 Å². The molecule has 6 atom stereocenters. The largest absolute Gasteiger partial charge is 0.491 e. The second kappa shape index (κ2) is 16.1. The van der Waals surface area contributed by atoms with E-state index in [9.17, 15) is 0 Å². The summed E-state index contributed by atoms with van der Waals surface area (Å²) in [5, 5.41) is 0. The Kier molecular flexibility index (Phi) is 10.5. The van der Waals surface area contributed by atoms with E-state index in [1.165, 1.54) is 47.9 Å². The number of ether oxygens (including phenoxy) is 8. The van der Waals surface area contributed by atoms with Crippen molar-refractivity contribution in [2.24, 2.45) is 11.8 Å². The van der Waals surface area contributed by atoms with Crippen LogP contribution >= 0.6 is 0 Å². The summed E-state index contributed by atoms with van der Waals surface area (Å²) in [6.07, 6.45) is 6.85. The summed E-state index contributed by atoms with van der Waals surface area (Å²) in [5.74, 6) is 5.20. The van der Waals surface area contributed by atoms with Crippen molar-refractivity contribution in [2.45, 2.75) is 68.4 Å². The lowest BCUT2D eigenvalue weighted by atomic mass is 9.68. The molecule has 0 N–H and O–H groups in total. The summed E-state index contributed by atoms with van der Waals surface area (Å²) in [6, 6.07) is 35.1. The van der Waals surface area contributed by atoms with E-state index < -0.39 is 0 Å². The first-order valence-electron chi connectivity index (χ1n) is 19.6. The first kappa shape index (κ1) is 34.7. The average molecular weight is 719 g/mol. The van der Waals surface area contributed by atoms with Crippen LogP contribution in [0, 0.1) is 11.8 Å². The minimum absolute atomic E-state index is 0.236. The van der Waals surface area contributed by atoms with Crippen molar-refractivity contribution in [1.29, 1.82) is 0 Å². The quantitative estimate of drug-likeness (QED) is 0.0904. The van der Waals surface area contributed by atoms with Gasteiger partial charge in [0.1, 0.15) is 73.8 Å². The van der Waals surface area contributed by atoms with Crippen molar-refractivity contribution >= 4 is 0 Å². The van der Waals surface area contributed by atoms with Crippen LogP contribution in [0.2, 0.25) is 0 Å². The highest BCUT2D eigenvalue weighted by Gasteiger charge is 2.33. The molecule has 53 heavy (non-hydrogen) atoms. The molecule has 4 aromatic rings. The first-order valence-corrected chi connectivity index (χ1v) is 19.6. The van der Waals surface area contributed by atoms with Crippen molar-refractivity contribution in [3.8, 4) is 23.0 Å². The summed E-state index contributed by atoms with van der Waals surface area (Å²) in [4.78, 5) is 0. The van der Waals surface area contributed by atoms with Crippen molar-refractivity contribution in [2.75, 3.05) is 52.9 Å². The number of hydrogen-bond acceptors (Lipinski definition) is 8. The Morgan fingerprint density at radius 2 is 0.792 bits per heavy atom. The van der Waals surface area contributed by atoms with E-state index in [4.69, 9.17) is 37.9 Å². The van der Waals surface area contributed by atoms with Gasteiger partial charge >= 0.3 is 0 Å². The molecular formula is C45H50O8. The van der Waals surface area contributed by atoms with Gasteiger partial charge in [0.2, 0.25) is 0 Å². The van der Waals surface area contributed by atoms with E-state index in [0.717, 1.165) is 55.8 Å². The standard InChI is InChI=1S/C45H50O8/c1-2-30(21-44(31-4-12-36(13-5-31)46-22-40-26-50-40)32-6-14-37(15-7-32)47-23-41-27-51-41)20-35(3-1)45(33-8-16-38(17-9-33)48-24-42-28-52-42)34-10-18-39(19-11-34)49-25-43-29-53-43/h4-19,30,35,40-45H,1-3,20-29H2. The molecule has 0 amide bonds. The lowest BCUT2D eigenvalue weighted by Crippen LogP contribution is -2.24. The van der Waals surface area contributed by atoms with E-state index in [0.29, 0.717) is 38.3 Å². The number of rotatable bonds is 19. The molecule has 5 aliphatic rings. The van der Waals surface area contributed by atoms with Crippen LogP contribution in [-0.2, 0) is 18.9 Å². The molecule has 0 radical (unpaired) electrons. The van der Waals surface area contributed by atoms with Crippen molar-refractivity contribution in [1.82, 2.24) is 0 Å². The van der Waals surface area contributed by atoms with E-state index in [-0.39, 0.29) is 36.3 Å². The second-order valence-electron chi connectivity index (χ2n) is 15.4. The summed E-state index contributed by atoms with van der Waals surface area (Å²) >= 11 is 0. The van der Waals surface area contributed by atoms with Gasteiger partial charge in [-0.05, 0) is 102 Å². The van der Waals surface area contributed by atoms with Crippen LogP contribution in [0.25, 0.3) is 0 Å². The van der Waals surface area contributed by atoms with Crippen molar-refractivity contribution in [3.63, 3.8) is 0 Å². The Morgan fingerprint density at radius 1 is 0.453 bits per heavy atom. The topological polar surface area (TPSA) is 87.0 Å². The molecule has 1 aliphatic carbocycles. The van der Waals surface area contributed by atoms with Gasteiger partial charge in [0, 0.05) is 11.8 Å². The fraction of sp³-hybridized carbons (Fsp3) is 0.467. The highest BCUT2D eigenvalue weighted by atomic mass is 16.6. The highest BCUT2D eigenvalue weighted by molar-refractivity contribution is 5.41. The van der Waals surface area contributed by atoms with Gasteiger partial charge in [-0.3, -0.25) is 0 Å². The molecule has 4 heterocycles. The maximum Gasteiger partial charge on any atom is 0.119 e. The lowest BCUT2D eigenvalue weighted by Gasteiger charge is -2.37. The van der Waals surface area contributed by atoms with Gasteiger partial charge in [0.05, 0.1) is 26.4 Å². The van der Waals surface area contributed by atoms with Gasteiger partial charge in [0.25, 0.3) is 0 Å². The Morgan fingerprint density at radius 3 is 1.13 bits per heavy atom. The Hall–Kier alpha value is -4.08. The molecule has 0 bridgehead atoms. The summed E-state index contributed by atoms with van der Waals surface area (Å²) in [6.45, 7) is 5.61. The lowest BCUT2D eigenvalue weighted by molar-refractivity contribution is 0.231. The maximum atomic E-state index is 6.02. The van der Waals surface area contributed by atoms with E-state index in [2.05, 4.69) is 97.1 Å². The van der Waals surface area contributed by atoms with Crippen LogP contribution in [0.15, 0.2) is 97.1 Å². The van der Waals surface area contributed by atoms with Gasteiger partial charge in [-0.2, -0.15) is 0 Å². The molecule has 4 aliphatic heterocycles. The third-order valence-electron chi connectivity index (χ3n) is 11.3. The monoisotopic (exact) mass is 718 g/mol. The Bertz CT molecular complexity index is 1620. The van der Waals surface area contributed by atoms with Crippen LogP contribution in [0.3, 0.4) is 0 Å². The fourth-order valence-electron chi connectivity index (χ4n) is 7.93. The minimum atomic E-state index is 0.236. The van der Waals surface area contributed by atoms with Gasteiger partial charge < -0.3 is 37.9 Å². The molecule has 8 nitrogen and oxygen atoms in total. The van der Waals surface area contributed by atoms with E-state index in [1.807, 2.05) is 0 Å². The average Bonchev–Trinajstić information content (AvgIpc) is 4.00. The maximum absolute atomic E-state index is 6.02. The van der Waals surface area contributed by atoms with Crippen LogP contribution in [0.4, 0.5) is 0 Å². The van der Waals surface area contributed by atoms with Crippen LogP contribution in [0.5, 0.6) is 23.0 Å². The van der Waals surface area contributed by atoms with Crippen LogP contribution in [-0.4, -0.2) is 77.3 Å². The van der Waals surface area contributed by atoms with E-state index in [1.54, 1.807) is 0 Å². The predicted molar refractivity (Wildman–Crippen MR) is 200 cm³/mol. The summed E-state index contributed by atoms with van der Waals surface area (Å²) < 4.78 is 45.4. The minimum Gasteiger partial charge on any atom is -0.491 e. The van der Waals surface area contributed by atoms with Gasteiger partial charge in [-0.1, -0.05) is 61.4 Å². The zero-order valence-corrected chi connectivity index (χ0v) is 30.3. The van der Waals surface area contributed by atoms with E-state index >= 15 is 0 Å². The molecule has 5 fully saturated rings. The Labute approximate surface area is 312 Å². The van der Waals surface area contributed by atoms with Gasteiger partial charge in [-0.25, -0.2) is 0 Å². The number of hydrogen-bond donors (Lipinski definition) is 0. The highest BCUT2D eigenvalue weighted by Crippen LogP contribution is 2.46. The number of epoxide rings is 4. The van der Waals surface area contributed by atoms with Gasteiger partial charge in [-0.15, -0.1) is 0 Å². The van der Waals surface area contributed by atoms with Crippen molar-refractivity contribution in [3.05, 3.63) is 119 Å². The molecule has 0 aromatic heterocycles. The molecule has 4 aromatic carbocycles. The molecule has 1 saturated carbocycles. The van der Waals surface area contributed by atoms with Crippen LogP contribution in [0.1, 0.15) is 66.2 Å². The first-order chi connectivity index (χ1) is 26.2. The summed E-state index contributed by atoms with van der Waals surface area (Å²) in [7, 11) is 0. The fourth-order valence-corrected chi connectivity index (χ4v) is 7.93. The molecule has 9 rings (SSSR count). The predicted octanol–water partition coefficient (Wildman–Crippen LogP) is 7.96. The summed E-state index contributed by atoms with van der Waals surface area (Å²) in [5.41, 5.74) is 5.31. The normalized spacial score (nSPS) is 26.6. The molecule has 0 spiro atoms. The SMILES string of the molecule is c1cc(C(CC2CCCC(C(c3ccc(OCC4CO4)cc3)c3ccc(OCC4CO4)cc3)C2)c2ccc(OCC3CO3)cc2)ccc1OCC1CO1. The molecular weight excluding hydrogens is 668 g/mol. The zero-order valence-electron chi connectivity index (χ0n) is 30.3. The molecule has 278 valence electrons. The van der Waals surface area contributed by atoms with Crippen molar-refractivity contribution < 1.29 is 37.9 Å².